The second-order valence-corrected chi connectivity index (χ2v) is 6.29. The lowest BCUT2D eigenvalue weighted by atomic mass is 9.84. The third kappa shape index (κ3) is 1.91. The van der Waals surface area contributed by atoms with Crippen LogP contribution in [0.4, 0.5) is 0 Å². The van der Waals surface area contributed by atoms with Gasteiger partial charge in [0.25, 0.3) is 0 Å². The molecule has 92 valence electrons. The average molecular weight is 222 g/mol. The van der Waals surface area contributed by atoms with Gasteiger partial charge in [-0.05, 0) is 51.1 Å². The molecule has 2 aliphatic carbocycles. The molecule has 2 saturated carbocycles. The van der Waals surface area contributed by atoms with Crippen LogP contribution in [0.5, 0.6) is 0 Å². The van der Waals surface area contributed by atoms with E-state index in [-0.39, 0.29) is 0 Å². The molecule has 1 saturated heterocycles. The van der Waals surface area contributed by atoms with Gasteiger partial charge in [0.15, 0.2) is 0 Å². The molecular formula is C14H26N2. The summed E-state index contributed by atoms with van der Waals surface area (Å²) in [6, 6.07) is 0.459. The van der Waals surface area contributed by atoms with Crippen LogP contribution in [-0.4, -0.2) is 29.6 Å². The Kier molecular flexibility index (Phi) is 2.97. The van der Waals surface area contributed by atoms with Crippen molar-refractivity contribution in [1.82, 2.24) is 4.90 Å². The summed E-state index contributed by atoms with van der Waals surface area (Å²) in [6.45, 7) is 2.64. The summed E-state index contributed by atoms with van der Waals surface area (Å²) in [7, 11) is 0. The minimum Gasteiger partial charge on any atom is -0.326 e. The molecule has 3 aliphatic rings. The van der Waals surface area contributed by atoms with Crippen LogP contribution in [0.2, 0.25) is 0 Å². The van der Waals surface area contributed by atoms with Gasteiger partial charge in [-0.1, -0.05) is 25.7 Å². The molecule has 0 spiro atoms. The number of nitrogens with two attached hydrogens (primary N) is 1. The molecule has 0 aromatic heterocycles. The van der Waals surface area contributed by atoms with Crippen LogP contribution in [0.15, 0.2) is 0 Å². The highest BCUT2D eigenvalue weighted by Gasteiger charge is 2.46. The van der Waals surface area contributed by atoms with Crippen molar-refractivity contribution in [2.45, 2.75) is 69.4 Å². The fraction of sp³-hybridized carbons (Fsp3) is 1.00. The van der Waals surface area contributed by atoms with E-state index >= 15 is 0 Å². The van der Waals surface area contributed by atoms with Crippen molar-refractivity contribution in [3.05, 3.63) is 0 Å². The van der Waals surface area contributed by atoms with Crippen LogP contribution in [-0.2, 0) is 0 Å². The maximum absolute atomic E-state index is 6.59. The molecule has 0 aromatic carbocycles. The van der Waals surface area contributed by atoms with Crippen molar-refractivity contribution >= 4 is 0 Å². The highest BCUT2D eigenvalue weighted by molar-refractivity contribution is 5.04. The van der Waals surface area contributed by atoms with Crippen molar-refractivity contribution < 1.29 is 0 Å². The molecule has 16 heavy (non-hydrogen) atoms. The van der Waals surface area contributed by atoms with Crippen molar-refractivity contribution in [3.63, 3.8) is 0 Å². The molecule has 0 aromatic rings. The van der Waals surface area contributed by atoms with Crippen LogP contribution >= 0.6 is 0 Å². The first-order chi connectivity index (χ1) is 7.81. The first kappa shape index (κ1) is 11.0. The Labute approximate surface area is 99.6 Å². The van der Waals surface area contributed by atoms with E-state index in [1.54, 1.807) is 0 Å². The molecule has 2 N–H and O–H groups in total. The largest absolute Gasteiger partial charge is 0.326 e. The first-order valence-electron chi connectivity index (χ1n) is 7.32. The summed E-state index contributed by atoms with van der Waals surface area (Å²) >= 11 is 0. The number of nitrogens with zero attached hydrogens (tertiary/aromatic N) is 1. The maximum atomic E-state index is 6.59. The summed E-state index contributed by atoms with van der Waals surface area (Å²) in [6.07, 6.45) is 12.6. The molecule has 2 nitrogen and oxygen atoms in total. The van der Waals surface area contributed by atoms with Gasteiger partial charge in [0, 0.05) is 11.6 Å². The van der Waals surface area contributed by atoms with Crippen LogP contribution in [0.1, 0.15) is 57.8 Å². The topological polar surface area (TPSA) is 29.3 Å². The molecule has 1 aliphatic heterocycles. The molecule has 3 fully saturated rings. The quantitative estimate of drug-likeness (QED) is 0.792. The normalized spacial score (nSPS) is 32.1. The molecule has 2 heteroatoms. The van der Waals surface area contributed by atoms with Crippen LogP contribution in [0.25, 0.3) is 0 Å². The third-order valence-corrected chi connectivity index (χ3v) is 5.18. The highest BCUT2D eigenvalue weighted by Crippen LogP contribution is 2.43. The Balaban J connectivity index is 1.71. The molecule has 1 atom stereocenters. The standard InChI is InChI=1S/C14H26N2/c15-13(11-12-5-6-12)14(7-1-2-8-14)16-9-3-4-10-16/h12-13H,1-11,15H2. The lowest BCUT2D eigenvalue weighted by Gasteiger charge is -2.43. The zero-order valence-electron chi connectivity index (χ0n) is 10.5. The summed E-state index contributed by atoms with van der Waals surface area (Å²) in [4.78, 5) is 2.76. The fourth-order valence-electron chi connectivity index (χ4n) is 4.00. The van der Waals surface area contributed by atoms with E-state index in [1.807, 2.05) is 0 Å². The lowest BCUT2D eigenvalue weighted by molar-refractivity contribution is 0.0866. The molecule has 1 heterocycles. The van der Waals surface area contributed by atoms with E-state index in [4.69, 9.17) is 5.73 Å². The van der Waals surface area contributed by atoms with Gasteiger partial charge in [0.1, 0.15) is 0 Å². The van der Waals surface area contributed by atoms with Crippen LogP contribution < -0.4 is 5.73 Å². The van der Waals surface area contributed by atoms with Gasteiger partial charge >= 0.3 is 0 Å². The SMILES string of the molecule is NC(CC1CC1)C1(N2CCCC2)CCCC1. The minimum absolute atomic E-state index is 0.416. The number of hydrogen-bond donors (Lipinski definition) is 1. The first-order valence-corrected chi connectivity index (χ1v) is 7.32. The van der Waals surface area contributed by atoms with E-state index in [9.17, 15) is 0 Å². The Morgan fingerprint density at radius 1 is 1.06 bits per heavy atom. The van der Waals surface area contributed by atoms with Crippen molar-refractivity contribution in [1.29, 1.82) is 0 Å². The highest BCUT2D eigenvalue weighted by atomic mass is 15.2. The van der Waals surface area contributed by atoms with Gasteiger partial charge in [-0.15, -0.1) is 0 Å². The van der Waals surface area contributed by atoms with Gasteiger partial charge in [0.2, 0.25) is 0 Å². The van der Waals surface area contributed by atoms with Crippen molar-refractivity contribution in [2.24, 2.45) is 11.7 Å². The van der Waals surface area contributed by atoms with Gasteiger partial charge in [-0.25, -0.2) is 0 Å². The zero-order chi connectivity index (χ0) is 11.0. The fourth-order valence-corrected chi connectivity index (χ4v) is 4.00. The molecular weight excluding hydrogens is 196 g/mol. The summed E-state index contributed by atoms with van der Waals surface area (Å²) in [5.41, 5.74) is 7.01. The summed E-state index contributed by atoms with van der Waals surface area (Å²) < 4.78 is 0. The third-order valence-electron chi connectivity index (χ3n) is 5.18. The monoisotopic (exact) mass is 222 g/mol. The van der Waals surface area contributed by atoms with Gasteiger partial charge in [-0.2, -0.15) is 0 Å². The maximum Gasteiger partial charge on any atom is 0.0360 e. The predicted molar refractivity (Wildman–Crippen MR) is 67.3 cm³/mol. The van der Waals surface area contributed by atoms with Crippen molar-refractivity contribution in [3.8, 4) is 0 Å². The molecule has 0 bridgehead atoms. The summed E-state index contributed by atoms with van der Waals surface area (Å²) in [5, 5.41) is 0. The van der Waals surface area contributed by atoms with E-state index in [1.165, 1.54) is 70.9 Å². The lowest BCUT2D eigenvalue weighted by Crippen LogP contribution is -2.57. The minimum atomic E-state index is 0.416. The van der Waals surface area contributed by atoms with Gasteiger partial charge in [-0.3, -0.25) is 4.90 Å². The molecule has 3 rings (SSSR count). The van der Waals surface area contributed by atoms with E-state index in [2.05, 4.69) is 4.90 Å². The van der Waals surface area contributed by atoms with Crippen LogP contribution in [0, 0.1) is 5.92 Å². The average Bonchev–Trinajstić information content (AvgIpc) is 2.84. The van der Waals surface area contributed by atoms with E-state index in [0.717, 1.165) is 5.92 Å². The molecule has 0 radical (unpaired) electrons. The van der Waals surface area contributed by atoms with Gasteiger partial charge in [0.05, 0.1) is 0 Å². The number of hydrogen-bond acceptors (Lipinski definition) is 2. The van der Waals surface area contributed by atoms with E-state index < -0.39 is 0 Å². The van der Waals surface area contributed by atoms with Crippen molar-refractivity contribution in [2.75, 3.05) is 13.1 Å². The molecule has 0 amide bonds. The Morgan fingerprint density at radius 2 is 1.69 bits per heavy atom. The number of likely N-dealkylation sites (tertiary alicyclic amines) is 1. The Bertz CT molecular complexity index is 235. The second kappa shape index (κ2) is 4.30. The van der Waals surface area contributed by atoms with E-state index in [0.29, 0.717) is 11.6 Å². The van der Waals surface area contributed by atoms with Gasteiger partial charge < -0.3 is 5.73 Å². The summed E-state index contributed by atoms with van der Waals surface area (Å²) in [5.74, 6) is 0.982. The smallest absolute Gasteiger partial charge is 0.0360 e. The zero-order valence-corrected chi connectivity index (χ0v) is 10.5. The second-order valence-electron chi connectivity index (χ2n) is 6.29. The predicted octanol–water partition coefficient (Wildman–Crippen LogP) is 2.52. The Hall–Kier alpha value is -0.0800. The van der Waals surface area contributed by atoms with Crippen LogP contribution in [0.3, 0.4) is 0 Å². The number of rotatable bonds is 4. The molecule has 1 unspecified atom stereocenters. The Morgan fingerprint density at radius 3 is 2.25 bits per heavy atom.